The van der Waals surface area contributed by atoms with Crippen molar-refractivity contribution in [3.63, 3.8) is 0 Å². The molecule has 0 radical (unpaired) electrons. The molecule has 1 atom stereocenters. The lowest BCUT2D eigenvalue weighted by molar-refractivity contribution is -0.138. The second-order valence-electron chi connectivity index (χ2n) is 8.83. The standard InChI is InChI=1S/C23H25F3N4O.ClH/c1-22(18-5-3-2-4-6-18)15-29(11-12-31-22)14-17-9-10-30-19(13-16-7-8-16)27-28-21(30)20(17)23(24,25)26;/h2-6,9-10,16H,7-8,11-15H2,1H3;1H. The van der Waals surface area contributed by atoms with Crippen LogP contribution in [0.25, 0.3) is 5.65 Å². The molecule has 3 aromatic rings. The van der Waals surface area contributed by atoms with Gasteiger partial charge in [0.25, 0.3) is 0 Å². The van der Waals surface area contributed by atoms with Gasteiger partial charge in [-0.15, -0.1) is 22.6 Å². The van der Waals surface area contributed by atoms with Gasteiger partial charge >= 0.3 is 6.18 Å². The number of pyridine rings is 1. The Labute approximate surface area is 191 Å². The first-order valence-corrected chi connectivity index (χ1v) is 10.7. The Morgan fingerprint density at radius 1 is 1.12 bits per heavy atom. The molecule has 9 heteroatoms. The summed E-state index contributed by atoms with van der Waals surface area (Å²) in [6.45, 7) is 3.72. The van der Waals surface area contributed by atoms with E-state index < -0.39 is 17.3 Å². The summed E-state index contributed by atoms with van der Waals surface area (Å²) in [5, 5.41) is 8.03. The second-order valence-corrected chi connectivity index (χ2v) is 8.83. The molecule has 1 aliphatic heterocycles. The summed E-state index contributed by atoms with van der Waals surface area (Å²) in [6, 6.07) is 11.4. The van der Waals surface area contributed by atoms with Crippen molar-refractivity contribution in [1.82, 2.24) is 19.5 Å². The van der Waals surface area contributed by atoms with Crippen LogP contribution in [-0.4, -0.2) is 39.2 Å². The predicted molar refractivity (Wildman–Crippen MR) is 117 cm³/mol. The van der Waals surface area contributed by atoms with Crippen molar-refractivity contribution in [2.75, 3.05) is 19.7 Å². The quantitative estimate of drug-likeness (QED) is 0.538. The minimum Gasteiger partial charge on any atom is -0.368 e. The van der Waals surface area contributed by atoms with Gasteiger partial charge in [-0.3, -0.25) is 9.30 Å². The molecule has 2 aliphatic rings. The third-order valence-corrected chi connectivity index (χ3v) is 6.32. The van der Waals surface area contributed by atoms with E-state index in [0.29, 0.717) is 37.9 Å². The summed E-state index contributed by atoms with van der Waals surface area (Å²) < 4.78 is 49.9. The zero-order chi connectivity index (χ0) is 21.6. The average Bonchev–Trinajstić information content (AvgIpc) is 3.46. The fourth-order valence-corrected chi connectivity index (χ4v) is 4.49. The lowest BCUT2D eigenvalue weighted by atomic mass is 9.93. The Kier molecular flexibility index (Phi) is 6.22. The molecule has 0 spiro atoms. The Hall–Kier alpha value is -2.16. The van der Waals surface area contributed by atoms with Crippen molar-refractivity contribution in [2.45, 2.75) is 44.5 Å². The van der Waals surface area contributed by atoms with Gasteiger partial charge in [0.2, 0.25) is 0 Å². The number of fused-ring (bicyclic) bond motifs is 1. The summed E-state index contributed by atoms with van der Waals surface area (Å²) in [4.78, 5) is 2.03. The van der Waals surface area contributed by atoms with Crippen molar-refractivity contribution in [1.29, 1.82) is 0 Å². The maximum atomic E-state index is 14.1. The van der Waals surface area contributed by atoms with Crippen LogP contribution in [-0.2, 0) is 29.5 Å². The zero-order valence-corrected chi connectivity index (χ0v) is 18.6. The van der Waals surface area contributed by atoms with Crippen LogP contribution in [0.3, 0.4) is 0 Å². The Balaban J connectivity index is 0.00000245. The summed E-state index contributed by atoms with van der Waals surface area (Å²) in [7, 11) is 0. The van der Waals surface area contributed by atoms with Crippen LogP contribution in [0, 0.1) is 5.92 Å². The molecule has 3 heterocycles. The van der Waals surface area contributed by atoms with Crippen LogP contribution >= 0.6 is 12.4 Å². The molecule has 0 bridgehead atoms. The first-order valence-electron chi connectivity index (χ1n) is 10.7. The predicted octanol–water partition coefficient (Wildman–Crippen LogP) is 4.87. The van der Waals surface area contributed by atoms with Gasteiger partial charge in [-0.05, 0) is 42.9 Å². The van der Waals surface area contributed by atoms with Gasteiger partial charge in [-0.25, -0.2) is 0 Å². The largest absolute Gasteiger partial charge is 0.420 e. The average molecular weight is 467 g/mol. The van der Waals surface area contributed by atoms with Gasteiger partial charge in [0.15, 0.2) is 5.65 Å². The monoisotopic (exact) mass is 466 g/mol. The molecule has 5 nitrogen and oxygen atoms in total. The number of ether oxygens (including phenoxy) is 1. The highest BCUT2D eigenvalue weighted by atomic mass is 35.5. The van der Waals surface area contributed by atoms with E-state index in [9.17, 15) is 13.2 Å². The molecule has 1 saturated heterocycles. The van der Waals surface area contributed by atoms with Crippen LogP contribution in [0.1, 0.15) is 42.3 Å². The van der Waals surface area contributed by atoms with Crippen LogP contribution in [0.4, 0.5) is 13.2 Å². The van der Waals surface area contributed by atoms with Gasteiger partial charge in [0.05, 0.1) is 6.61 Å². The molecule has 0 N–H and O–H groups in total. The maximum Gasteiger partial charge on any atom is 0.420 e. The number of halogens is 4. The minimum atomic E-state index is -4.50. The Morgan fingerprint density at radius 2 is 1.88 bits per heavy atom. The van der Waals surface area contributed by atoms with Gasteiger partial charge in [0, 0.05) is 32.3 Å². The smallest absolute Gasteiger partial charge is 0.368 e. The molecular formula is C23H26ClF3N4O. The van der Waals surface area contributed by atoms with Gasteiger partial charge in [-0.1, -0.05) is 30.3 Å². The summed E-state index contributed by atoms with van der Waals surface area (Å²) in [6.07, 6.45) is 0.0780. The Bertz CT molecular complexity index is 1080. The van der Waals surface area contributed by atoms with Crippen molar-refractivity contribution in [3.8, 4) is 0 Å². The topological polar surface area (TPSA) is 42.7 Å². The number of nitrogens with zero attached hydrogens (tertiary/aromatic N) is 4. The lowest BCUT2D eigenvalue weighted by Crippen LogP contribution is -2.47. The number of benzene rings is 1. The highest BCUT2D eigenvalue weighted by molar-refractivity contribution is 5.85. The summed E-state index contributed by atoms with van der Waals surface area (Å²) in [5.41, 5.74) is -0.0952. The summed E-state index contributed by atoms with van der Waals surface area (Å²) >= 11 is 0. The number of alkyl halides is 3. The van der Waals surface area contributed by atoms with Crippen molar-refractivity contribution >= 4 is 18.1 Å². The fraction of sp³-hybridized carbons (Fsp3) is 0.478. The van der Waals surface area contributed by atoms with Crippen LogP contribution in [0.5, 0.6) is 0 Å². The van der Waals surface area contributed by atoms with E-state index in [1.165, 1.54) is 4.40 Å². The van der Waals surface area contributed by atoms with Gasteiger partial charge < -0.3 is 4.74 Å². The molecular weight excluding hydrogens is 441 g/mol. The molecule has 2 aromatic heterocycles. The molecule has 2 fully saturated rings. The van der Waals surface area contributed by atoms with Crippen molar-refractivity contribution in [3.05, 3.63) is 65.1 Å². The van der Waals surface area contributed by atoms with E-state index in [4.69, 9.17) is 4.74 Å². The number of hydrogen-bond acceptors (Lipinski definition) is 4. The van der Waals surface area contributed by atoms with Gasteiger partial charge in [0.1, 0.15) is 17.0 Å². The minimum absolute atomic E-state index is 0. The molecule has 5 rings (SSSR count). The van der Waals surface area contributed by atoms with E-state index in [0.717, 1.165) is 18.4 Å². The van der Waals surface area contributed by atoms with Crippen molar-refractivity contribution < 1.29 is 17.9 Å². The number of hydrogen-bond donors (Lipinski definition) is 0. The first kappa shape index (κ1) is 23.0. The lowest BCUT2D eigenvalue weighted by Gasteiger charge is -2.41. The molecule has 1 aromatic carbocycles. The molecule has 32 heavy (non-hydrogen) atoms. The third-order valence-electron chi connectivity index (χ3n) is 6.32. The summed E-state index contributed by atoms with van der Waals surface area (Å²) in [5.74, 6) is 1.13. The SMILES string of the molecule is CC1(c2ccccc2)CN(Cc2ccn3c(CC4CC4)nnc3c2C(F)(F)F)CCO1.Cl. The number of morpholine rings is 1. The van der Waals surface area contributed by atoms with Crippen LogP contribution < -0.4 is 0 Å². The van der Waals surface area contributed by atoms with E-state index in [1.807, 2.05) is 42.2 Å². The number of rotatable bonds is 5. The molecule has 172 valence electrons. The fourth-order valence-electron chi connectivity index (χ4n) is 4.49. The van der Waals surface area contributed by atoms with E-state index >= 15 is 0 Å². The van der Waals surface area contributed by atoms with E-state index in [-0.39, 0.29) is 30.2 Å². The van der Waals surface area contributed by atoms with Crippen molar-refractivity contribution in [2.24, 2.45) is 5.92 Å². The molecule has 1 saturated carbocycles. The van der Waals surface area contributed by atoms with E-state index in [1.54, 1.807) is 12.3 Å². The van der Waals surface area contributed by atoms with Crippen LogP contribution in [0.15, 0.2) is 42.6 Å². The highest BCUT2D eigenvalue weighted by Crippen LogP contribution is 2.38. The number of aromatic nitrogens is 3. The second kappa shape index (κ2) is 8.65. The maximum absolute atomic E-state index is 14.1. The zero-order valence-electron chi connectivity index (χ0n) is 17.8. The highest BCUT2D eigenvalue weighted by Gasteiger charge is 2.39. The molecule has 0 amide bonds. The van der Waals surface area contributed by atoms with Crippen LogP contribution in [0.2, 0.25) is 0 Å². The normalized spacial score (nSPS) is 22.1. The third kappa shape index (κ3) is 4.49. The molecule has 1 unspecified atom stereocenters. The van der Waals surface area contributed by atoms with Gasteiger partial charge in [-0.2, -0.15) is 13.2 Å². The Morgan fingerprint density at radius 3 is 2.56 bits per heavy atom. The molecule has 1 aliphatic carbocycles. The van der Waals surface area contributed by atoms with E-state index in [2.05, 4.69) is 10.2 Å². The first-order chi connectivity index (χ1) is 14.8.